The molecule has 1 rings (SSSR count). The van der Waals surface area contributed by atoms with E-state index >= 15 is 0 Å². The first kappa shape index (κ1) is 54.6. The number of epoxide rings is 1. The van der Waals surface area contributed by atoms with Crippen LogP contribution < -0.4 is 21.5 Å². The van der Waals surface area contributed by atoms with Crippen LogP contribution in [0.5, 0.6) is 0 Å². The topological polar surface area (TPSA) is 123 Å². The summed E-state index contributed by atoms with van der Waals surface area (Å²) in [5, 5.41) is 22.0. The number of hydrogen-bond donors (Lipinski definition) is 4. The summed E-state index contributed by atoms with van der Waals surface area (Å²) in [5.41, 5.74) is 4.91. The molecule has 11 heteroatoms. The molecule has 1 atom stereocenters. The number of halogens is 3. The molecule has 0 unspecified atom stereocenters. The van der Waals surface area contributed by atoms with E-state index in [2.05, 4.69) is 58.4 Å². The number of nitrogens with two attached hydrogens (primary N) is 1. The molecule has 5 N–H and O–H groups in total. The molecule has 262 valence electrons. The third kappa shape index (κ3) is 85.6. The van der Waals surface area contributed by atoms with Crippen LogP contribution in [-0.2, 0) is 4.74 Å². The van der Waals surface area contributed by atoms with Gasteiger partial charge in [-0.25, -0.2) is 0 Å². The fourth-order valence-corrected chi connectivity index (χ4v) is 3.32. The van der Waals surface area contributed by atoms with Crippen LogP contribution in [0.2, 0.25) is 0 Å². The van der Waals surface area contributed by atoms with Gasteiger partial charge in [-0.15, -0.1) is 56.2 Å². The number of nitrogens with zero attached hydrogens (tertiary/aromatic N) is 1. The highest BCUT2D eigenvalue weighted by Crippen LogP contribution is 2.09. The Morgan fingerprint density at radius 1 is 0.884 bits per heavy atom. The molecule has 1 saturated heterocycles. The van der Waals surface area contributed by atoms with Crippen LogP contribution in [0.1, 0.15) is 84.0 Å². The van der Waals surface area contributed by atoms with Gasteiger partial charge >= 0.3 is 0 Å². The van der Waals surface area contributed by atoms with E-state index in [0.29, 0.717) is 18.5 Å². The molecule has 43 heavy (non-hydrogen) atoms. The molecule has 0 aromatic rings. The van der Waals surface area contributed by atoms with Crippen LogP contribution >= 0.6 is 36.4 Å². The molecule has 1 fully saturated rings. The summed E-state index contributed by atoms with van der Waals surface area (Å²) in [6.07, 6.45) is 20.4. The summed E-state index contributed by atoms with van der Waals surface area (Å²) < 4.78 is 5.82. The molecule has 0 radical (unpaired) electrons. The van der Waals surface area contributed by atoms with Crippen molar-refractivity contribution in [3.05, 3.63) is 38.0 Å². The lowest BCUT2D eigenvalue weighted by molar-refractivity contribution is -0.870. The van der Waals surface area contributed by atoms with Crippen molar-refractivity contribution >= 4 is 42.6 Å². The van der Waals surface area contributed by atoms with E-state index in [1.807, 2.05) is 12.2 Å². The van der Waals surface area contributed by atoms with Crippen LogP contribution in [-0.4, -0.2) is 94.7 Å². The van der Waals surface area contributed by atoms with Crippen LogP contribution in [0.3, 0.4) is 0 Å². The normalized spacial score (nSPS) is 12.3. The van der Waals surface area contributed by atoms with Gasteiger partial charge in [-0.05, 0) is 38.8 Å². The molecule has 0 aromatic heterocycles. The number of ether oxygens (including phenoxy) is 1. The zero-order chi connectivity index (χ0) is 32.0. The molecule has 0 aromatic carbocycles. The van der Waals surface area contributed by atoms with Crippen molar-refractivity contribution in [2.24, 2.45) is 5.73 Å². The second-order valence-electron chi connectivity index (χ2n) is 10.8. The molecule has 1 heterocycles. The van der Waals surface area contributed by atoms with Crippen molar-refractivity contribution in [3.63, 3.8) is 0 Å². The number of unbranched alkanes of at least 4 members (excludes halogenated alkanes) is 10. The average molecular weight is 680 g/mol. The lowest BCUT2D eigenvalue weighted by Crippen LogP contribution is -2.35. The van der Waals surface area contributed by atoms with Crippen molar-refractivity contribution in [1.82, 2.24) is 10.6 Å². The Kier molecular flexibility index (Phi) is 61.1. The summed E-state index contributed by atoms with van der Waals surface area (Å²) in [4.78, 5) is 8.44. The Morgan fingerprint density at radius 3 is 1.49 bits per heavy atom. The zero-order valence-corrected chi connectivity index (χ0v) is 30.4. The minimum Gasteiger partial charge on any atom is -0.565 e. The van der Waals surface area contributed by atoms with E-state index < -0.39 is 6.16 Å². The van der Waals surface area contributed by atoms with Gasteiger partial charge in [0.2, 0.25) is 6.16 Å². The zero-order valence-electron chi connectivity index (χ0n) is 28.0. The van der Waals surface area contributed by atoms with Crippen molar-refractivity contribution in [2.75, 3.05) is 72.9 Å². The van der Waals surface area contributed by atoms with E-state index in [9.17, 15) is 0 Å². The Hall–Kier alpha value is -0.840. The van der Waals surface area contributed by atoms with Crippen LogP contribution in [0.25, 0.3) is 0 Å². The molecule has 0 saturated carbocycles. The first-order valence-electron chi connectivity index (χ1n) is 15.4. The van der Waals surface area contributed by atoms with Gasteiger partial charge in [0.05, 0.1) is 46.3 Å². The number of carboxylic acid groups (broad SMARTS) is 2. The molecule has 0 bridgehead atoms. The molecule has 1 aliphatic rings. The highest BCUT2D eigenvalue weighted by molar-refractivity contribution is 6.18. The van der Waals surface area contributed by atoms with Gasteiger partial charge in [0.1, 0.15) is 0 Å². The first-order chi connectivity index (χ1) is 19.6. The number of hydrogen-bond acceptors (Lipinski definition) is 6. The number of alkyl halides is 1. The predicted octanol–water partition coefficient (Wildman–Crippen LogP) is 6.42. The molecular weight excluding hydrogens is 611 g/mol. The van der Waals surface area contributed by atoms with Gasteiger partial charge < -0.3 is 40.6 Å². The smallest absolute Gasteiger partial charge is 0.249 e. The average Bonchev–Trinajstić information content (AvgIpc) is 3.76. The molecule has 0 spiro atoms. The second-order valence-corrected chi connectivity index (χ2v) is 11.1. The van der Waals surface area contributed by atoms with Gasteiger partial charge in [0.25, 0.3) is 0 Å². The highest BCUT2D eigenvalue weighted by Gasteiger charge is 2.19. The van der Waals surface area contributed by atoms with E-state index in [0.717, 1.165) is 37.3 Å². The van der Waals surface area contributed by atoms with E-state index in [-0.39, 0.29) is 24.8 Å². The molecular formula is C32H69Cl3N4O4. The Morgan fingerprint density at radius 2 is 1.23 bits per heavy atom. The summed E-state index contributed by atoms with van der Waals surface area (Å²) in [6.45, 7) is 19.9. The number of quaternary nitrogens is 1. The largest absolute Gasteiger partial charge is 0.565 e. The third-order valence-electron chi connectivity index (χ3n) is 5.46. The SMILES string of the molecule is C=CCN.C=CCNCCCCCCCCCC.C=CCNCCCCCC[N+](C)(C)C.Cl.Cl.ClC[C@@H]1CO1.O=C([O-])O. The van der Waals surface area contributed by atoms with Crippen LogP contribution in [0, 0.1) is 0 Å². The second kappa shape index (κ2) is 48.1. The highest BCUT2D eigenvalue weighted by atomic mass is 35.5. The minimum atomic E-state index is -2.08. The van der Waals surface area contributed by atoms with E-state index in [1.54, 1.807) is 6.08 Å². The standard InChI is InChI=1S/C13H27N.C12H27N2.C3H5ClO.C3H7N.CH2O3.2ClH/c1-3-5-6-7-8-9-10-11-13-14-12-4-2;1-5-10-13-11-8-6-7-9-12-14(2,3)4;4-1-3-2-5-3;1-2-3-4;2-1(3)4;;/h4,14H,2-3,5-13H2,1H3;5,13H,1,6-12H2,2-4H3;3H,1-2H2;2H,1,3-4H2;(H2,2,3,4);2*1H/q;+1;;;;;/p-1/t;;3-;;;;/m..1..../s1. The van der Waals surface area contributed by atoms with Crippen molar-refractivity contribution in [3.8, 4) is 0 Å². The van der Waals surface area contributed by atoms with Gasteiger partial charge in [-0.3, -0.25) is 0 Å². The van der Waals surface area contributed by atoms with Gasteiger partial charge in [-0.1, -0.05) is 76.5 Å². The lowest BCUT2D eigenvalue weighted by atomic mass is 10.1. The Balaban J connectivity index is -0.000000109. The maximum absolute atomic E-state index is 8.44. The summed E-state index contributed by atoms with van der Waals surface area (Å²) in [6, 6.07) is 0. The maximum Gasteiger partial charge on any atom is 0.249 e. The van der Waals surface area contributed by atoms with Crippen molar-refractivity contribution in [2.45, 2.75) is 90.1 Å². The Bertz CT molecular complexity index is 547. The van der Waals surface area contributed by atoms with Gasteiger partial charge in [-0.2, -0.15) is 0 Å². The molecule has 0 amide bonds. The first-order valence-corrected chi connectivity index (χ1v) is 15.9. The fourth-order valence-electron chi connectivity index (χ4n) is 3.14. The number of rotatable bonds is 22. The van der Waals surface area contributed by atoms with Gasteiger partial charge in [0, 0.05) is 19.6 Å². The van der Waals surface area contributed by atoms with E-state index in [4.69, 9.17) is 37.1 Å². The quantitative estimate of drug-likeness (QED) is 0.0343. The summed E-state index contributed by atoms with van der Waals surface area (Å²) in [7, 11) is 6.77. The Labute approximate surface area is 283 Å². The maximum atomic E-state index is 8.44. The van der Waals surface area contributed by atoms with Gasteiger partial charge in [0.15, 0.2) is 0 Å². The van der Waals surface area contributed by atoms with Crippen molar-refractivity contribution < 1.29 is 24.2 Å². The number of carbonyl (C=O) groups is 1. The minimum absolute atomic E-state index is 0. The van der Waals surface area contributed by atoms with E-state index in [1.165, 1.54) is 83.6 Å². The monoisotopic (exact) mass is 678 g/mol. The van der Waals surface area contributed by atoms with Crippen molar-refractivity contribution in [1.29, 1.82) is 0 Å². The molecule has 8 nitrogen and oxygen atoms in total. The third-order valence-corrected chi connectivity index (χ3v) is 5.80. The van der Waals surface area contributed by atoms with Crippen LogP contribution in [0.4, 0.5) is 4.79 Å². The summed E-state index contributed by atoms with van der Waals surface area (Å²) in [5.74, 6) is 0.667. The van der Waals surface area contributed by atoms with Crippen LogP contribution in [0.15, 0.2) is 38.0 Å². The number of nitrogens with one attached hydrogen (secondary N) is 2. The summed E-state index contributed by atoms with van der Waals surface area (Å²) >= 11 is 5.27. The molecule has 0 aliphatic carbocycles. The lowest BCUT2D eigenvalue weighted by Gasteiger charge is -2.23. The molecule has 1 aliphatic heterocycles. The fraction of sp³-hybridized carbons (Fsp3) is 0.781. The predicted molar refractivity (Wildman–Crippen MR) is 192 cm³/mol.